The topological polar surface area (TPSA) is 61.6 Å². The predicted octanol–water partition coefficient (Wildman–Crippen LogP) is 3.00. The van der Waals surface area contributed by atoms with Gasteiger partial charge in [-0.3, -0.25) is 0 Å². The van der Waals surface area contributed by atoms with E-state index in [1.54, 1.807) is 0 Å². The van der Waals surface area contributed by atoms with Gasteiger partial charge in [-0.05, 0) is 17.7 Å². The van der Waals surface area contributed by atoms with Crippen molar-refractivity contribution in [3.05, 3.63) is 35.0 Å². The number of anilines is 2. The Morgan fingerprint density at radius 2 is 2.06 bits per heavy atom. The summed E-state index contributed by atoms with van der Waals surface area (Å²) in [6.45, 7) is 0. The normalized spacial score (nSPS) is 9.75. The Morgan fingerprint density at radius 3 is 2.62 bits per heavy atom. The molecule has 2 aromatic rings. The van der Waals surface area contributed by atoms with Crippen molar-refractivity contribution in [2.45, 2.75) is 6.42 Å². The van der Waals surface area contributed by atoms with Gasteiger partial charge >= 0.3 is 0 Å². The first kappa shape index (κ1) is 10.9. The van der Waals surface area contributed by atoms with E-state index in [1.165, 1.54) is 0 Å². The van der Waals surface area contributed by atoms with Crippen LogP contribution in [0.4, 0.5) is 11.5 Å². The van der Waals surface area contributed by atoms with Gasteiger partial charge in [0.1, 0.15) is 0 Å². The molecule has 0 spiro atoms. The Balaban J connectivity index is 2.12. The average molecular weight is 251 g/mol. The third kappa shape index (κ3) is 2.48. The minimum Gasteiger partial charge on any atom is -0.337 e. The van der Waals surface area contributed by atoms with Crippen molar-refractivity contribution in [3.8, 4) is 6.07 Å². The van der Waals surface area contributed by atoms with Crippen LogP contribution >= 0.6 is 23.3 Å². The van der Waals surface area contributed by atoms with E-state index in [9.17, 15) is 0 Å². The number of aromatic nitrogens is 2. The van der Waals surface area contributed by atoms with Crippen molar-refractivity contribution in [1.82, 2.24) is 8.75 Å². The Kier molecular flexibility index (Phi) is 3.34. The first-order valence-corrected chi connectivity index (χ1v) is 5.61. The Morgan fingerprint density at radius 1 is 1.31 bits per heavy atom. The second-order valence-electron chi connectivity index (χ2n) is 3.06. The fraction of sp³-hybridized carbons (Fsp3) is 0.100. The number of nitrogens with one attached hydrogen (secondary N) is 1. The summed E-state index contributed by atoms with van der Waals surface area (Å²) in [4.78, 5) is 0. The highest BCUT2D eigenvalue weighted by atomic mass is 35.5. The molecule has 0 unspecified atom stereocenters. The van der Waals surface area contributed by atoms with Gasteiger partial charge in [-0.1, -0.05) is 23.7 Å². The smallest absolute Gasteiger partial charge is 0.187 e. The molecule has 0 saturated heterocycles. The third-order valence-electron chi connectivity index (χ3n) is 1.95. The molecule has 0 aliphatic heterocycles. The molecule has 4 nitrogen and oxygen atoms in total. The SMILES string of the molecule is N#CCc1ccc(Nc2nsnc2Cl)cc1. The van der Waals surface area contributed by atoms with Crippen LogP contribution in [0.25, 0.3) is 0 Å². The third-order valence-corrected chi connectivity index (χ3v) is 2.84. The van der Waals surface area contributed by atoms with Crippen LogP contribution in [-0.2, 0) is 6.42 Å². The van der Waals surface area contributed by atoms with Gasteiger partial charge in [-0.15, -0.1) is 0 Å². The van der Waals surface area contributed by atoms with E-state index in [4.69, 9.17) is 16.9 Å². The maximum atomic E-state index is 8.53. The molecule has 80 valence electrons. The highest BCUT2D eigenvalue weighted by Crippen LogP contribution is 2.22. The van der Waals surface area contributed by atoms with Crippen LogP contribution in [0, 0.1) is 11.3 Å². The highest BCUT2D eigenvalue weighted by Gasteiger charge is 2.04. The summed E-state index contributed by atoms with van der Waals surface area (Å²) in [6.07, 6.45) is 0.416. The molecular formula is C10H7ClN4S. The molecular weight excluding hydrogens is 244 g/mol. The Labute approximate surface area is 102 Å². The first-order valence-electron chi connectivity index (χ1n) is 4.50. The molecule has 0 fully saturated rings. The molecule has 0 atom stereocenters. The molecule has 0 bridgehead atoms. The van der Waals surface area contributed by atoms with Crippen LogP contribution < -0.4 is 5.32 Å². The van der Waals surface area contributed by atoms with Crippen molar-refractivity contribution in [1.29, 1.82) is 5.26 Å². The van der Waals surface area contributed by atoms with Gasteiger partial charge in [-0.25, -0.2) is 0 Å². The number of nitrogens with zero attached hydrogens (tertiary/aromatic N) is 3. The Bertz CT molecular complexity index is 514. The van der Waals surface area contributed by atoms with Gasteiger partial charge in [0.15, 0.2) is 11.0 Å². The second kappa shape index (κ2) is 4.92. The van der Waals surface area contributed by atoms with E-state index >= 15 is 0 Å². The molecule has 0 saturated carbocycles. The summed E-state index contributed by atoms with van der Waals surface area (Å²) < 4.78 is 7.86. The average Bonchev–Trinajstić information content (AvgIpc) is 2.68. The summed E-state index contributed by atoms with van der Waals surface area (Å²) in [5.74, 6) is 0.555. The maximum absolute atomic E-state index is 8.53. The summed E-state index contributed by atoms with van der Waals surface area (Å²) in [5, 5.41) is 11.9. The molecule has 1 aromatic heterocycles. The molecule has 1 N–H and O–H groups in total. The van der Waals surface area contributed by atoms with Crippen LogP contribution in [0.3, 0.4) is 0 Å². The minimum atomic E-state index is 0.367. The largest absolute Gasteiger partial charge is 0.337 e. The van der Waals surface area contributed by atoms with E-state index in [2.05, 4.69) is 20.1 Å². The van der Waals surface area contributed by atoms with Crippen molar-refractivity contribution in [2.24, 2.45) is 0 Å². The molecule has 6 heteroatoms. The summed E-state index contributed by atoms with van der Waals surface area (Å²) in [6, 6.07) is 9.63. The number of rotatable bonds is 3. The molecule has 2 rings (SSSR count). The van der Waals surface area contributed by atoms with Crippen molar-refractivity contribution >= 4 is 34.8 Å². The van der Waals surface area contributed by atoms with E-state index < -0.39 is 0 Å². The minimum absolute atomic E-state index is 0.367. The van der Waals surface area contributed by atoms with Gasteiger partial charge < -0.3 is 5.32 Å². The zero-order chi connectivity index (χ0) is 11.4. The molecule has 0 amide bonds. The van der Waals surface area contributed by atoms with Crippen molar-refractivity contribution < 1.29 is 0 Å². The number of hydrogen-bond acceptors (Lipinski definition) is 5. The summed E-state index contributed by atoms with van der Waals surface area (Å²) in [5.41, 5.74) is 1.85. The quantitative estimate of drug-likeness (QED) is 0.910. The summed E-state index contributed by atoms with van der Waals surface area (Å²) >= 11 is 6.86. The van der Waals surface area contributed by atoms with E-state index in [1.807, 2.05) is 24.3 Å². The van der Waals surface area contributed by atoms with Crippen LogP contribution in [0.5, 0.6) is 0 Å². The summed E-state index contributed by atoms with van der Waals surface area (Å²) in [7, 11) is 0. The lowest BCUT2D eigenvalue weighted by atomic mass is 10.1. The Hall–Kier alpha value is -1.64. The lowest BCUT2D eigenvalue weighted by molar-refractivity contribution is 1.26. The van der Waals surface area contributed by atoms with Gasteiger partial charge in [0, 0.05) is 5.69 Å². The van der Waals surface area contributed by atoms with Crippen LogP contribution in [0.1, 0.15) is 5.56 Å². The first-order chi connectivity index (χ1) is 7.79. The van der Waals surface area contributed by atoms with E-state index in [-0.39, 0.29) is 0 Å². The number of halogens is 1. The number of nitriles is 1. The van der Waals surface area contributed by atoms with Crippen molar-refractivity contribution in [2.75, 3.05) is 5.32 Å². The lowest BCUT2D eigenvalue weighted by Crippen LogP contribution is -1.91. The molecule has 16 heavy (non-hydrogen) atoms. The van der Waals surface area contributed by atoms with Crippen LogP contribution in [-0.4, -0.2) is 8.75 Å². The van der Waals surface area contributed by atoms with E-state index in [0.29, 0.717) is 17.4 Å². The predicted molar refractivity (Wildman–Crippen MR) is 64.0 cm³/mol. The van der Waals surface area contributed by atoms with Gasteiger partial charge in [-0.2, -0.15) is 14.0 Å². The number of benzene rings is 1. The lowest BCUT2D eigenvalue weighted by Gasteiger charge is -2.03. The monoisotopic (exact) mass is 250 g/mol. The van der Waals surface area contributed by atoms with Gasteiger partial charge in [0.25, 0.3) is 0 Å². The molecule has 1 aromatic carbocycles. The maximum Gasteiger partial charge on any atom is 0.187 e. The zero-order valence-electron chi connectivity index (χ0n) is 8.14. The second-order valence-corrected chi connectivity index (χ2v) is 3.95. The molecule has 0 radical (unpaired) electrons. The molecule has 1 heterocycles. The highest BCUT2D eigenvalue weighted by molar-refractivity contribution is 6.99. The molecule has 0 aliphatic rings. The van der Waals surface area contributed by atoms with Gasteiger partial charge in [0.05, 0.1) is 24.2 Å². The van der Waals surface area contributed by atoms with E-state index in [0.717, 1.165) is 23.0 Å². The molecule has 0 aliphatic carbocycles. The fourth-order valence-electron chi connectivity index (χ4n) is 1.19. The fourth-order valence-corrected chi connectivity index (χ4v) is 1.83. The van der Waals surface area contributed by atoms with Crippen molar-refractivity contribution in [3.63, 3.8) is 0 Å². The van der Waals surface area contributed by atoms with Gasteiger partial charge in [0.2, 0.25) is 0 Å². The zero-order valence-corrected chi connectivity index (χ0v) is 9.72. The van der Waals surface area contributed by atoms with Crippen LogP contribution in [0.2, 0.25) is 5.15 Å². The number of hydrogen-bond donors (Lipinski definition) is 1. The van der Waals surface area contributed by atoms with Crippen LogP contribution in [0.15, 0.2) is 24.3 Å². The standard InChI is InChI=1S/C10H7ClN4S/c11-9-10(15-16-14-9)13-8-3-1-7(2-4-8)5-6-12/h1-4H,5H2,(H,13,15).